The van der Waals surface area contributed by atoms with E-state index in [0.29, 0.717) is 12.8 Å². The van der Waals surface area contributed by atoms with E-state index in [4.69, 9.17) is 0 Å². The smallest absolute Gasteiger partial charge is 0.224 e. The van der Waals surface area contributed by atoms with E-state index >= 15 is 0 Å². The lowest BCUT2D eigenvalue weighted by molar-refractivity contribution is -0.116. The minimum absolute atomic E-state index is 0.0156. The van der Waals surface area contributed by atoms with Gasteiger partial charge in [0.25, 0.3) is 0 Å². The SMILES string of the molecule is O=C(CCc1ccccn1)Nc1ccccc1. The van der Waals surface area contributed by atoms with Crippen molar-refractivity contribution in [3.63, 3.8) is 0 Å². The van der Waals surface area contributed by atoms with Crippen molar-refractivity contribution in [3.8, 4) is 0 Å². The molecule has 0 spiro atoms. The second-order valence-corrected chi connectivity index (χ2v) is 3.74. The minimum Gasteiger partial charge on any atom is -0.326 e. The summed E-state index contributed by atoms with van der Waals surface area (Å²) in [5.74, 6) is 0.0156. The van der Waals surface area contributed by atoms with E-state index < -0.39 is 0 Å². The predicted molar refractivity (Wildman–Crippen MR) is 67.6 cm³/mol. The van der Waals surface area contributed by atoms with Gasteiger partial charge in [0.1, 0.15) is 0 Å². The van der Waals surface area contributed by atoms with Crippen molar-refractivity contribution in [2.45, 2.75) is 12.8 Å². The topological polar surface area (TPSA) is 42.0 Å². The van der Waals surface area contributed by atoms with Crippen LogP contribution in [-0.4, -0.2) is 10.9 Å². The van der Waals surface area contributed by atoms with Crippen LogP contribution in [0.5, 0.6) is 0 Å². The lowest BCUT2D eigenvalue weighted by atomic mass is 10.2. The fourth-order valence-electron chi connectivity index (χ4n) is 1.53. The minimum atomic E-state index is 0.0156. The molecule has 1 heterocycles. The van der Waals surface area contributed by atoms with Crippen molar-refractivity contribution < 1.29 is 4.79 Å². The molecule has 0 radical (unpaired) electrons. The van der Waals surface area contributed by atoms with Crippen molar-refractivity contribution in [3.05, 3.63) is 60.4 Å². The zero-order chi connectivity index (χ0) is 11.9. The Morgan fingerprint density at radius 2 is 1.82 bits per heavy atom. The first kappa shape index (κ1) is 11.3. The van der Waals surface area contributed by atoms with E-state index in [-0.39, 0.29) is 5.91 Å². The summed E-state index contributed by atoms with van der Waals surface area (Å²) in [6.07, 6.45) is 2.86. The molecule has 3 heteroatoms. The van der Waals surface area contributed by atoms with E-state index in [2.05, 4.69) is 10.3 Å². The molecule has 86 valence electrons. The summed E-state index contributed by atoms with van der Waals surface area (Å²) in [5, 5.41) is 2.85. The predicted octanol–water partition coefficient (Wildman–Crippen LogP) is 2.65. The van der Waals surface area contributed by atoms with Crippen molar-refractivity contribution in [1.82, 2.24) is 4.98 Å². The van der Waals surface area contributed by atoms with Gasteiger partial charge in [0.05, 0.1) is 0 Å². The van der Waals surface area contributed by atoms with Gasteiger partial charge in [-0.15, -0.1) is 0 Å². The van der Waals surface area contributed by atoms with Crippen LogP contribution in [-0.2, 0) is 11.2 Å². The van der Waals surface area contributed by atoms with Gasteiger partial charge >= 0.3 is 0 Å². The van der Waals surface area contributed by atoms with Crippen molar-refractivity contribution in [2.24, 2.45) is 0 Å². The number of amides is 1. The number of hydrogen-bond donors (Lipinski definition) is 1. The number of aryl methyl sites for hydroxylation is 1. The number of pyridine rings is 1. The Balaban J connectivity index is 1.83. The molecule has 1 amide bonds. The summed E-state index contributed by atoms with van der Waals surface area (Å²) in [4.78, 5) is 15.8. The third kappa shape index (κ3) is 3.72. The highest BCUT2D eigenvalue weighted by atomic mass is 16.1. The second-order valence-electron chi connectivity index (χ2n) is 3.74. The molecule has 1 N–H and O–H groups in total. The average Bonchev–Trinajstić information content (AvgIpc) is 2.39. The van der Waals surface area contributed by atoms with Crippen LogP contribution in [0.3, 0.4) is 0 Å². The maximum Gasteiger partial charge on any atom is 0.224 e. The number of anilines is 1. The maximum atomic E-state index is 11.6. The Hall–Kier alpha value is -2.16. The lowest BCUT2D eigenvalue weighted by Gasteiger charge is -2.04. The van der Waals surface area contributed by atoms with Crippen LogP contribution in [0.15, 0.2) is 54.7 Å². The van der Waals surface area contributed by atoms with E-state index in [1.165, 1.54) is 0 Å². The monoisotopic (exact) mass is 226 g/mol. The summed E-state index contributed by atoms with van der Waals surface area (Å²) >= 11 is 0. The molecule has 2 rings (SSSR count). The number of benzene rings is 1. The summed E-state index contributed by atoms with van der Waals surface area (Å²) in [6, 6.07) is 15.2. The van der Waals surface area contributed by atoms with Crippen molar-refractivity contribution in [1.29, 1.82) is 0 Å². The molecule has 0 saturated heterocycles. The summed E-state index contributed by atoms with van der Waals surface area (Å²) < 4.78 is 0. The highest BCUT2D eigenvalue weighted by Crippen LogP contribution is 2.06. The first-order chi connectivity index (χ1) is 8.34. The van der Waals surface area contributed by atoms with Crippen LogP contribution >= 0.6 is 0 Å². The van der Waals surface area contributed by atoms with Crippen LogP contribution in [0.2, 0.25) is 0 Å². The van der Waals surface area contributed by atoms with Gasteiger partial charge in [0.15, 0.2) is 0 Å². The Bertz CT molecular complexity index is 468. The third-order valence-electron chi connectivity index (χ3n) is 2.39. The molecule has 0 saturated carbocycles. The molecule has 0 aliphatic heterocycles. The van der Waals surface area contributed by atoms with Gasteiger partial charge in [-0.25, -0.2) is 0 Å². The van der Waals surface area contributed by atoms with E-state index in [1.807, 2.05) is 48.5 Å². The van der Waals surface area contributed by atoms with Crippen LogP contribution in [0.1, 0.15) is 12.1 Å². The lowest BCUT2D eigenvalue weighted by Crippen LogP contribution is -2.12. The summed E-state index contributed by atoms with van der Waals surface area (Å²) in [6.45, 7) is 0. The molecular weight excluding hydrogens is 212 g/mol. The first-order valence-corrected chi connectivity index (χ1v) is 5.59. The molecular formula is C14H14N2O. The average molecular weight is 226 g/mol. The van der Waals surface area contributed by atoms with Crippen LogP contribution in [0.25, 0.3) is 0 Å². The molecule has 0 aliphatic rings. The molecule has 17 heavy (non-hydrogen) atoms. The number of rotatable bonds is 4. The fraction of sp³-hybridized carbons (Fsp3) is 0.143. The molecule has 0 bridgehead atoms. The first-order valence-electron chi connectivity index (χ1n) is 5.59. The molecule has 0 fully saturated rings. The number of nitrogens with one attached hydrogen (secondary N) is 1. The molecule has 2 aromatic rings. The highest BCUT2D eigenvalue weighted by Gasteiger charge is 2.02. The largest absolute Gasteiger partial charge is 0.326 e. The van der Waals surface area contributed by atoms with Crippen LogP contribution < -0.4 is 5.32 Å². The van der Waals surface area contributed by atoms with Gasteiger partial charge in [0.2, 0.25) is 5.91 Å². The van der Waals surface area contributed by atoms with Gasteiger partial charge in [0, 0.05) is 24.0 Å². The van der Waals surface area contributed by atoms with E-state index in [9.17, 15) is 4.79 Å². The number of aromatic nitrogens is 1. The molecule has 1 aromatic heterocycles. The molecule has 3 nitrogen and oxygen atoms in total. The summed E-state index contributed by atoms with van der Waals surface area (Å²) in [5.41, 5.74) is 1.77. The maximum absolute atomic E-state index is 11.6. The van der Waals surface area contributed by atoms with Gasteiger partial charge in [-0.1, -0.05) is 24.3 Å². The Morgan fingerprint density at radius 3 is 2.53 bits per heavy atom. The summed E-state index contributed by atoms with van der Waals surface area (Å²) in [7, 11) is 0. The van der Waals surface area contributed by atoms with Gasteiger partial charge in [-0.2, -0.15) is 0 Å². The zero-order valence-electron chi connectivity index (χ0n) is 9.47. The Labute approximate surface area is 101 Å². The van der Waals surface area contributed by atoms with E-state index in [0.717, 1.165) is 11.4 Å². The number of para-hydroxylation sites is 1. The number of nitrogens with zero attached hydrogens (tertiary/aromatic N) is 1. The standard InChI is InChI=1S/C14H14N2O/c17-14(16-13-7-2-1-3-8-13)10-9-12-6-4-5-11-15-12/h1-8,11H,9-10H2,(H,16,17). The Kier molecular flexibility index (Phi) is 3.86. The Morgan fingerprint density at radius 1 is 1.06 bits per heavy atom. The molecule has 1 aromatic carbocycles. The normalized spacial score (nSPS) is 9.88. The van der Waals surface area contributed by atoms with E-state index in [1.54, 1.807) is 6.20 Å². The van der Waals surface area contributed by atoms with Gasteiger partial charge < -0.3 is 5.32 Å². The van der Waals surface area contributed by atoms with Gasteiger partial charge in [-0.3, -0.25) is 9.78 Å². The molecule has 0 aliphatic carbocycles. The third-order valence-corrected chi connectivity index (χ3v) is 2.39. The second kappa shape index (κ2) is 5.80. The number of carbonyl (C=O) groups excluding carboxylic acids is 1. The number of carbonyl (C=O) groups is 1. The van der Waals surface area contributed by atoms with Crippen LogP contribution in [0, 0.1) is 0 Å². The molecule has 0 atom stereocenters. The number of hydrogen-bond acceptors (Lipinski definition) is 2. The molecule has 0 unspecified atom stereocenters. The van der Waals surface area contributed by atoms with Crippen molar-refractivity contribution in [2.75, 3.05) is 5.32 Å². The fourth-order valence-corrected chi connectivity index (χ4v) is 1.53. The van der Waals surface area contributed by atoms with Crippen molar-refractivity contribution >= 4 is 11.6 Å². The zero-order valence-corrected chi connectivity index (χ0v) is 9.47. The van der Waals surface area contributed by atoms with Gasteiger partial charge in [-0.05, 0) is 30.7 Å². The highest BCUT2D eigenvalue weighted by molar-refractivity contribution is 5.90. The van der Waals surface area contributed by atoms with Crippen LogP contribution in [0.4, 0.5) is 5.69 Å². The quantitative estimate of drug-likeness (QED) is 0.870.